The average molecular weight is 1130 g/mol. The molecule has 2 aromatic carbocycles. The fourth-order valence-corrected chi connectivity index (χ4v) is 11.8. The van der Waals surface area contributed by atoms with Crippen LogP contribution in [0.2, 0.25) is 0 Å². The van der Waals surface area contributed by atoms with E-state index in [2.05, 4.69) is 45.0 Å². The highest BCUT2D eigenvalue weighted by Crippen LogP contribution is 2.38. The minimum Gasteiger partial charge on any atom is -0.494 e. The van der Waals surface area contributed by atoms with Gasteiger partial charge in [-0.1, -0.05) is 0 Å². The van der Waals surface area contributed by atoms with Crippen molar-refractivity contribution in [1.82, 2.24) is 39.1 Å². The number of nitrogens with one attached hydrogen (secondary N) is 3. The number of piperidine rings is 2. The van der Waals surface area contributed by atoms with Crippen molar-refractivity contribution < 1.29 is 47.8 Å². The van der Waals surface area contributed by atoms with Gasteiger partial charge in [-0.15, -0.1) is 22.7 Å². The number of alkyl carbamates (subject to hydrolysis) is 2. The molecule has 3 N–H and O–H groups in total. The van der Waals surface area contributed by atoms with Crippen LogP contribution in [0.5, 0.6) is 11.5 Å². The van der Waals surface area contributed by atoms with Gasteiger partial charge in [-0.2, -0.15) is 0 Å². The van der Waals surface area contributed by atoms with Crippen LogP contribution in [0.4, 0.5) is 21.0 Å². The number of hydrogen-bond donors (Lipinski definition) is 3. The number of anilines is 1. The molecule has 9 rings (SSSR count). The van der Waals surface area contributed by atoms with Crippen LogP contribution in [0.25, 0.3) is 43.0 Å². The molecule has 0 bridgehead atoms. The van der Waals surface area contributed by atoms with Gasteiger partial charge in [-0.25, -0.2) is 14.6 Å². The number of fused-ring (bicyclic) bond motifs is 3. The fraction of sp³-hybridized carbons (Fsp3) is 0.464. The monoisotopic (exact) mass is 1120 g/mol. The maximum Gasteiger partial charge on any atom is 0.407 e. The number of imidazole rings is 1. The zero-order valence-corrected chi connectivity index (χ0v) is 48.6. The molecule has 2 aliphatic rings. The Balaban J connectivity index is 0.000000193. The topological polar surface area (TPSA) is 236 Å². The summed E-state index contributed by atoms with van der Waals surface area (Å²) in [7, 11) is 6.52. The number of ether oxygens (including phenoxy) is 4. The predicted octanol–water partition coefficient (Wildman–Crippen LogP) is 10.7. The van der Waals surface area contributed by atoms with Crippen LogP contribution >= 0.6 is 22.7 Å². The second-order valence-corrected chi connectivity index (χ2v) is 22.9. The summed E-state index contributed by atoms with van der Waals surface area (Å²) < 4.78 is 28.0. The van der Waals surface area contributed by atoms with E-state index in [4.69, 9.17) is 23.9 Å². The molecule has 424 valence electrons. The SMILES string of the molecule is CCn1c(-c2nc3cc(C(=O)N4CCC[C@@H](NC(=O)OC(C)(C)C)C4)cc(OC)c3n2C)cc2ccsc21.CCn1c(C=O)cc2ccsc21.CNc1c(OC)cc(C(=O)N2CCC[C@@H](NC(=O)OC(C)(C)C)C2)cc1[N+](=O)[O-]. The molecule has 23 heteroatoms. The first-order chi connectivity index (χ1) is 37.5. The number of rotatable bonds is 12. The highest BCUT2D eigenvalue weighted by Gasteiger charge is 2.32. The summed E-state index contributed by atoms with van der Waals surface area (Å²) in [6.45, 7) is 18.5. The van der Waals surface area contributed by atoms with Crippen LogP contribution < -0.4 is 25.4 Å². The number of methoxy groups -OCH3 is 2. The zero-order chi connectivity index (χ0) is 57.5. The lowest BCUT2D eigenvalue weighted by atomic mass is 10.0. The summed E-state index contributed by atoms with van der Waals surface area (Å²) >= 11 is 3.40. The van der Waals surface area contributed by atoms with E-state index in [1.54, 1.807) is 73.5 Å². The van der Waals surface area contributed by atoms with Crippen molar-refractivity contribution >= 4 is 95.8 Å². The number of carbonyl (C=O) groups is 5. The first-order valence-electron chi connectivity index (χ1n) is 26.3. The molecule has 2 fully saturated rings. The predicted molar refractivity (Wildman–Crippen MR) is 308 cm³/mol. The van der Waals surface area contributed by atoms with Crippen molar-refractivity contribution in [3.63, 3.8) is 0 Å². The van der Waals surface area contributed by atoms with E-state index in [1.165, 1.54) is 39.7 Å². The second kappa shape index (κ2) is 25.0. The van der Waals surface area contributed by atoms with Crippen molar-refractivity contribution in [3.05, 3.63) is 86.2 Å². The number of likely N-dealkylation sites (tertiary alicyclic amines) is 2. The number of carbonyl (C=O) groups excluding carboxylic acids is 5. The molecule has 4 amide bonds. The van der Waals surface area contributed by atoms with Crippen LogP contribution in [0.15, 0.2) is 59.3 Å². The summed E-state index contributed by atoms with van der Waals surface area (Å²) in [6.07, 6.45) is 2.92. The van der Waals surface area contributed by atoms with Gasteiger partial charge in [0.1, 0.15) is 37.9 Å². The molecule has 0 unspecified atom stereocenters. The van der Waals surface area contributed by atoms with Gasteiger partial charge in [0, 0.05) is 87.8 Å². The number of nitrogens with zero attached hydrogens (tertiary/aromatic N) is 7. The number of hydrogen-bond acceptors (Lipinski definition) is 15. The molecule has 21 nitrogen and oxygen atoms in total. The second-order valence-electron chi connectivity index (χ2n) is 21.2. The quantitative estimate of drug-likeness (QED) is 0.0587. The van der Waals surface area contributed by atoms with Gasteiger partial charge in [0.25, 0.3) is 17.5 Å². The molecule has 5 aromatic heterocycles. The number of nitro benzene ring substituents is 1. The molecule has 0 radical (unpaired) electrons. The normalized spacial score (nSPS) is 15.6. The number of aromatic nitrogens is 4. The Morgan fingerprint density at radius 3 is 1.75 bits per heavy atom. The standard InChI is InChI=1S/C28H35N5O4S.C19H28N4O6.C9H9NOS/c1-7-33-21(14-17-10-12-38-26(17)33)24-30-20-13-18(15-22(36-6)23(20)31(24)5)25(34)32-11-8-9-19(16-32)29-27(35)37-28(2,3)4;1-19(2,3)29-18(25)21-13-7-6-8-22(11-13)17(24)12-9-14(23(26)27)16(20-4)15(10-12)28-5;1-2-10-8(6-11)5-7-3-4-12-9(7)10/h10,12-15,19H,7-9,11,16H2,1-6H3,(H,29,35);9-10,13,20H,6-8,11H2,1-5H3,(H,21,25);3-6H,2H2,1H3/t19-;13-;/m11./s1. The van der Waals surface area contributed by atoms with Crippen LogP contribution in [-0.2, 0) is 29.6 Å². The van der Waals surface area contributed by atoms with Crippen molar-refractivity contribution in [1.29, 1.82) is 0 Å². The molecule has 0 saturated carbocycles. The third-order valence-corrected chi connectivity index (χ3v) is 15.2. The average Bonchev–Trinajstić information content (AvgIpc) is 4.25. The first kappa shape index (κ1) is 59.0. The first-order valence-corrected chi connectivity index (χ1v) is 28.0. The minimum atomic E-state index is -0.612. The Morgan fingerprint density at radius 2 is 1.27 bits per heavy atom. The Hall–Kier alpha value is -7.66. The minimum absolute atomic E-state index is 0.106. The van der Waals surface area contributed by atoms with E-state index in [1.807, 2.05) is 67.5 Å². The van der Waals surface area contributed by atoms with E-state index in [0.717, 1.165) is 54.9 Å². The van der Waals surface area contributed by atoms with E-state index >= 15 is 0 Å². The molecule has 7 aromatic rings. The third kappa shape index (κ3) is 13.8. The molecule has 0 spiro atoms. The lowest BCUT2D eigenvalue weighted by Gasteiger charge is -2.33. The van der Waals surface area contributed by atoms with Gasteiger partial charge in [-0.3, -0.25) is 24.5 Å². The Morgan fingerprint density at radius 1 is 0.759 bits per heavy atom. The third-order valence-electron chi connectivity index (χ3n) is 13.3. The number of nitro groups is 1. The molecule has 79 heavy (non-hydrogen) atoms. The molecule has 7 heterocycles. The van der Waals surface area contributed by atoms with E-state index < -0.39 is 28.3 Å². The fourth-order valence-electron chi connectivity index (χ4n) is 9.86. The highest BCUT2D eigenvalue weighted by atomic mass is 32.1. The maximum absolute atomic E-state index is 13.6. The smallest absolute Gasteiger partial charge is 0.407 e. The summed E-state index contributed by atoms with van der Waals surface area (Å²) in [6, 6.07) is 14.2. The molecule has 2 saturated heterocycles. The zero-order valence-electron chi connectivity index (χ0n) is 47.0. The van der Waals surface area contributed by atoms with Gasteiger partial charge >= 0.3 is 12.2 Å². The number of amides is 4. The lowest BCUT2D eigenvalue weighted by molar-refractivity contribution is -0.384. The molecular weight excluding hydrogens is 1050 g/mol. The van der Waals surface area contributed by atoms with Gasteiger partial charge < -0.3 is 58.4 Å². The Bertz CT molecular complexity index is 3360. The van der Waals surface area contributed by atoms with Crippen LogP contribution in [-0.4, -0.2) is 134 Å². The van der Waals surface area contributed by atoms with Crippen molar-refractivity contribution in [3.8, 4) is 23.0 Å². The van der Waals surface area contributed by atoms with Gasteiger partial charge in [0.2, 0.25) is 0 Å². The lowest BCUT2D eigenvalue weighted by Crippen LogP contribution is -2.50. The molecule has 2 aliphatic heterocycles. The van der Waals surface area contributed by atoms with Crippen molar-refractivity contribution in [2.75, 3.05) is 52.8 Å². The Kier molecular flexibility index (Phi) is 18.7. The molecular formula is C56H72N10O11S2. The van der Waals surface area contributed by atoms with Gasteiger partial charge in [0.05, 0.1) is 41.6 Å². The highest BCUT2D eigenvalue weighted by molar-refractivity contribution is 7.17. The summed E-state index contributed by atoms with van der Waals surface area (Å²) in [5.74, 6) is 1.18. The molecule has 2 atom stereocenters. The van der Waals surface area contributed by atoms with Crippen molar-refractivity contribution in [2.24, 2.45) is 7.05 Å². The van der Waals surface area contributed by atoms with E-state index in [0.29, 0.717) is 55.9 Å². The summed E-state index contributed by atoms with van der Waals surface area (Å²) in [4.78, 5) is 83.1. The van der Waals surface area contributed by atoms with Crippen LogP contribution in [0, 0.1) is 10.1 Å². The maximum atomic E-state index is 13.6. The van der Waals surface area contributed by atoms with Crippen LogP contribution in [0.1, 0.15) is 112 Å². The Labute approximate surface area is 467 Å². The molecule has 0 aliphatic carbocycles. The summed E-state index contributed by atoms with van der Waals surface area (Å²) in [5, 5.41) is 26.4. The summed E-state index contributed by atoms with van der Waals surface area (Å²) in [5.41, 5.74) is 2.82. The van der Waals surface area contributed by atoms with Gasteiger partial charge in [0.15, 0.2) is 17.8 Å². The van der Waals surface area contributed by atoms with Gasteiger partial charge in [-0.05, 0) is 134 Å². The number of benzene rings is 2. The van der Waals surface area contributed by atoms with E-state index in [-0.39, 0.29) is 46.6 Å². The van der Waals surface area contributed by atoms with E-state index in [9.17, 15) is 34.1 Å². The number of thiophene rings is 2. The van der Waals surface area contributed by atoms with Crippen molar-refractivity contribution in [2.45, 2.75) is 117 Å². The van der Waals surface area contributed by atoms with Crippen LogP contribution in [0.3, 0.4) is 0 Å². The number of aryl methyl sites for hydroxylation is 3. The largest absolute Gasteiger partial charge is 0.494 e. The number of aldehydes is 1.